The third-order valence-corrected chi connectivity index (χ3v) is 4.15. The Morgan fingerprint density at radius 3 is 2.65 bits per heavy atom. The highest BCUT2D eigenvalue weighted by molar-refractivity contribution is 9.10. The maximum absolute atomic E-state index is 12.5. The molecule has 0 aliphatic carbocycles. The first-order chi connectivity index (χ1) is 12.6. The van der Waals surface area contributed by atoms with E-state index in [-0.39, 0.29) is 17.1 Å². The fraction of sp³-hybridized carbons (Fsp3) is 0.190. The normalized spacial score (nSPS) is 10.8. The van der Waals surface area contributed by atoms with E-state index >= 15 is 0 Å². The molecule has 26 heavy (non-hydrogen) atoms. The van der Waals surface area contributed by atoms with Gasteiger partial charge in [-0.25, -0.2) is 0 Å². The minimum absolute atomic E-state index is 0.0921. The van der Waals surface area contributed by atoms with Crippen LogP contribution in [0.2, 0.25) is 0 Å². The van der Waals surface area contributed by atoms with Crippen LogP contribution in [0.5, 0.6) is 11.5 Å². The Morgan fingerprint density at radius 1 is 1.19 bits per heavy atom. The molecule has 0 bridgehead atoms. The summed E-state index contributed by atoms with van der Waals surface area (Å²) in [7, 11) is 0. The lowest BCUT2D eigenvalue weighted by molar-refractivity contribution is 0.103. The number of ketones is 1. The van der Waals surface area contributed by atoms with Gasteiger partial charge in [-0.05, 0) is 49.4 Å². The van der Waals surface area contributed by atoms with Gasteiger partial charge in [-0.1, -0.05) is 34.2 Å². The van der Waals surface area contributed by atoms with Gasteiger partial charge in [0.1, 0.15) is 18.1 Å². The topological polar surface area (TPSA) is 58.6 Å². The van der Waals surface area contributed by atoms with Gasteiger partial charge in [-0.3, -0.25) is 4.79 Å². The molecule has 0 fully saturated rings. The molecule has 2 aromatic rings. The lowest BCUT2D eigenvalue weighted by atomic mass is 10.0. The van der Waals surface area contributed by atoms with E-state index in [4.69, 9.17) is 4.74 Å². The van der Waals surface area contributed by atoms with Gasteiger partial charge >= 0.3 is 0 Å². The molecule has 0 heterocycles. The Hall–Kier alpha value is -2.37. The lowest BCUT2D eigenvalue weighted by Gasteiger charge is -2.08. The highest BCUT2D eigenvalue weighted by Gasteiger charge is 2.14. The maximum Gasteiger partial charge on any atom is 0.196 e. The molecule has 0 radical (unpaired) electrons. The Morgan fingerprint density at radius 2 is 1.96 bits per heavy atom. The minimum Gasteiger partial charge on any atom is -0.507 e. The van der Waals surface area contributed by atoms with Crippen molar-refractivity contribution in [3.63, 3.8) is 0 Å². The largest absolute Gasteiger partial charge is 0.507 e. The van der Waals surface area contributed by atoms with Crippen molar-refractivity contribution in [3.8, 4) is 11.5 Å². The molecule has 0 saturated carbocycles. The summed E-state index contributed by atoms with van der Waals surface area (Å²) in [4.78, 5) is 12.5. The zero-order chi connectivity index (χ0) is 18.8. The summed E-state index contributed by atoms with van der Waals surface area (Å²) in [6.45, 7) is 5.72. The summed E-state index contributed by atoms with van der Waals surface area (Å²) < 4.78 is 6.46. The van der Waals surface area contributed by atoms with Crippen molar-refractivity contribution in [2.75, 3.05) is 19.7 Å². The van der Waals surface area contributed by atoms with Crippen LogP contribution in [0.3, 0.4) is 0 Å². The molecule has 2 aromatic carbocycles. The molecule has 0 saturated heterocycles. The fourth-order valence-corrected chi connectivity index (χ4v) is 2.50. The van der Waals surface area contributed by atoms with E-state index in [1.165, 1.54) is 6.07 Å². The molecule has 5 heteroatoms. The Kier molecular flexibility index (Phi) is 8.12. The molecule has 0 aromatic heterocycles. The number of nitrogens with one attached hydrogen (secondary N) is 1. The van der Waals surface area contributed by atoms with Gasteiger partial charge in [0.05, 0.1) is 5.56 Å². The number of ether oxygens (including phenoxy) is 1. The number of hydrogen-bond acceptors (Lipinski definition) is 4. The van der Waals surface area contributed by atoms with Crippen molar-refractivity contribution in [3.05, 3.63) is 82.9 Å². The molecule has 136 valence electrons. The van der Waals surface area contributed by atoms with Crippen molar-refractivity contribution >= 4 is 21.7 Å². The second-order valence-electron chi connectivity index (χ2n) is 5.58. The first-order valence-corrected chi connectivity index (χ1v) is 9.14. The minimum atomic E-state index is -0.230. The number of carbonyl (C=O) groups excluding carboxylic acids is 1. The Labute approximate surface area is 162 Å². The first-order valence-electron chi connectivity index (χ1n) is 8.34. The van der Waals surface area contributed by atoms with Crippen LogP contribution >= 0.6 is 15.9 Å². The van der Waals surface area contributed by atoms with E-state index in [0.717, 1.165) is 24.0 Å². The van der Waals surface area contributed by atoms with E-state index < -0.39 is 0 Å². The summed E-state index contributed by atoms with van der Waals surface area (Å²) in [5.41, 5.74) is 0.769. The van der Waals surface area contributed by atoms with E-state index in [0.29, 0.717) is 17.9 Å². The molecular formula is C21H22BrNO3. The van der Waals surface area contributed by atoms with Crippen LogP contribution in [-0.4, -0.2) is 30.6 Å². The Balaban J connectivity index is 1.88. The van der Waals surface area contributed by atoms with Gasteiger partial charge < -0.3 is 15.2 Å². The summed E-state index contributed by atoms with van der Waals surface area (Å²) >= 11 is 3.33. The molecule has 0 spiro atoms. The standard InChI is InChI=1S/C21H22BrNO3/c1-2-3-12-23-13-4-5-14-26-18-10-11-19(20(24)15-18)21(25)16-6-8-17(22)9-7-16/h2,4-11,15,23-24H,1,3,12-14H2/b5-4+. The molecular weight excluding hydrogens is 394 g/mol. The SMILES string of the molecule is C=CCCNC/C=C/COc1ccc(C(=O)c2ccc(Br)cc2)c(O)c1. The number of phenols is 1. The summed E-state index contributed by atoms with van der Waals surface area (Å²) in [5, 5.41) is 13.4. The van der Waals surface area contributed by atoms with Gasteiger partial charge in [0.25, 0.3) is 0 Å². The second kappa shape index (κ2) is 10.6. The van der Waals surface area contributed by atoms with Crippen LogP contribution in [0.1, 0.15) is 22.3 Å². The number of rotatable bonds is 10. The van der Waals surface area contributed by atoms with Crippen molar-refractivity contribution < 1.29 is 14.6 Å². The molecule has 0 atom stereocenters. The molecule has 0 amide bonds. The quantitative estimate of drug-likeness (QED) is 0.341. The van der Waals surface area contributed by atoms with E-state index in [9.17, 15) is 9.90 Å². The first kappa shape index (κ1) is 19.9. The van der Waals surface area contributed by atoms with Gasteiger partial charge in [0, 0.05) is 22.6 Å². The number of phenolic OH excluding ortho intramolecular Hbond substituents is 1. The summed E-state index contributed by atoms with van der Waals surface area (Å²) in [6.07, 6.45) is 6.69. The molecule has 0 unspecified atom stereocenters. The number of benzene rings is 2. The fourth-order valence-electron chi connectivity index (χ4n) is 2.24. The van der Waals surface area contributed by atoms with Crippen LogP contribution in [-0.2, 0) is 0 Å². The summed E-state index contributed by atoms with van der Waals surface area (Å²) in [5.74, 6) is 0.191. The van der Waals surface area contributed by atoms with Crippen LogP contribution in [0.15, 0.2) is 71.7 Å². The van der Waals surface area contributed by atoms with Gasteiger partial charge in [-0.15, -0.1) is 6.58 Å². The van der Waals surface area contributed by atoms with Crippen molar-refractivity contribution in [2.24, 2.45) is 0 Å². The van der Waals surface area contributed by atoms with Crippen molar-refractivity contribution in [1.82, 2.24) is 5.32 Å². The molecule has 2 rings (SSSR count). The molecule has 2 N–H and O–H groups in total. The average Bonchev–Trinajstić information content (AvgIpc) is 2.64. The van der Waals surface area contributed by atoms with Crippen LogP contribution < -0.4 is 10.1 Å². The van der Waals surface area contributed by atoms with Gasteiger partial charge in [-0.2, -0.15) is 0 Å². The average molecular weight is 416 g/mol. The van der Waals surface area contributed by atoms with Crippen LogP contribution in [0.25, 0.3) is 0 Å². The van der Waals surface area contributed by atoms with Crippen molar-refractivity contribution in [2.45, 2.75) is 6.42 Å². The van der Waals surface area contributed by atoms with Gasteiger partial charge in [0.15, 0.2) is 5.78 Å². The third-order valence-electron chi connectivity index (χ3n) is 3.62. The number of hydrogen-bond donors (Lipinski definition) is 2. The van der Waals surface area contributed by atoms with Crippen molar-refractivity contribution in [1.29, 1.82) is 0 Å². The smallest absolute Gasteiger partial charge is 0.196 e. The monoisotopic (exact) mass is 415 g/mol. The van der Waals surface area contributed by atoms with Crippen LogP contribution in [0.4, 0.5) is 0 Å². The van der Waals surface area contributed by atoms with E-state index in [2.05, 4.69) is 27.8 Å². The number of halogens is 1. The van der Waals surface area contributed by atoms with Gasteiger partial charge in [0.2, 0.25) is 0 Å². The highest BCUT2D eigenvalue weighted by Crippen LogP contribution is 2.26. The summed E-state index contributed by atoms with van der Waals surface area (Å²) in [6, 6.07) is 11.7. The van der Waals surface area contributed by atoms with E-state index in [1.54, 1.807) is 36.4 Å². The zero-order valence-electron chi connectivity index (χ0n) is 14.5. The predicted octanol–water partition coefficient (Wildman–Crippen LogP) is 4.49. The maximum atomic E-state index is 12.5. The highest BCUT2D eigenvalue weighted by atomic mass is 79.9. The van der Waals surface area contributed by atoms with Crippen LogP contribution in [0, 0.1) is 0 Å². The molecule has 0 aliphatic heterocycles. The number of aromatic hydroxyl groups is 1. The lowest BCUT2D eigenvalue weighted by Crippen LogP contribution is -2.14. The molecule has 0 aliphatic rings. The second-order valence-corrected chi connectivity index (χ2v) is 6.49. The third kappa shape index (κ3) is 6.17. The molecule has 4 nitrogen and oxygen atoms in total. The number of carbonyl (C=O) groups is 1. The Bertz CT molecular complexity index is 769. The zero-order valence-corrected chi connectivity index (χ0v) is 16.0. The predicted molar refractivity (Wildman–Crippen MR) is 108 cm³/mol. The van der Waals surface area contributed by atoms with E-state index in [1.807, 2.05) is 18.2 Å².